The summed E-state index contributed by atoms with van der Waals surface area (Å²) < 4.78 is 39.8. The molecule has 0 aliphatic heterocycles. The molecule has 0 aliphatic rings. The molecule has 2 atom stereocenters. The van der Waals surface area contributed by atoms with Crippen LogP contribution in [0.25, 0.3) is 0 Å². The average molecular weight is 651 g/mol. The SMILES string of the molecule is CC[C@H](C(=O)N[C@@H](C)CC)N(Cc1ccc(Cl)cc1Cl)C(=O)CN(c1ccc(OC)c(OC)c1)S(=O)(=O)c1ccccc1. The second-order valence-corrected chi connectivity index (χ2v) is 12.6. The number of hydrogen-bond acceptors (Lipinski definition) is 6. The van der Waals surface area contributed by atoms with E-state index in [0.29, 0.717) is 27.8 Å². The van der Waals surface area contributed by atoms with Gasteiger partial charge in [-0.25, -0.2) is 8.42 Å². The number of benzene rings is 3. The molecule has 232 valence electrons. The lowest BCUT2D eigenvalue weighted by molar-refractivity contribution is -0.140. The van der Waals surface area contributed by atoms with Gasteiger partial charge in [0.05, 0.1) is 24.8 Å². The average Bonchev–Trinajstić information content (AvgIpc) is 3.00. The predicted molar refractivity (Wildman–Crippen MR) is 170 cm³/mol. The van der Waals surface area contributed by atoms with Crippen LogP contribution in [0.3, 0.4) is 0 Å². The lowest BCUT2D eigenvalue weighted by atomic mass is 10.1. The summed E-state index contributed by atoms with van der Waals surface area (Å²) in [6, 6.07) is 16.2. The molecule has 2 amide bonds. The van der Waals surface area contributed by atoms with Crippen LogP contribution in [0.5, 0.6) is 11.5 Å². The van der Waals surface area contributed by atoms with Gasteiger partial charge in [0.25, 0.3) is 10.0 Å². The Morgan fingerprint density at radius 3 is 2.16 bits per heavy atom. The van der Waals surface area contributed by atoms with E-state index in [0.717, 1.165) is 4.31 Å². The van der Waals surface area contributed by atoms with Gasteiger partial charge < -0.3 is 19.7 Å². The second kappa shape index (κ2) is 15.3. The summed E-state index contributed by atoms with van der Waals surface area (Å²) in [7, 11) is -1.34. The Kier molecular flexibility index (Phi) is 12.1. The number of rotatable bonds is 14. The fraction of sp³-hybridized carbons (Fsp3) is 0.355. The highest BCUT2D eigenvalue weighted by Gasteiger charge is 2.34. The molecule has 9 nitrogen and oxygen atoms in total. The van der Waals surface area contributed by atoms with Crippen molar-refractivity contribution in [3.63, 3.8) is 0 Å². The lowest BCUT2D eigenvalue weighted by Crippen LogP contribution is -2.53. The zero-order chi connectivity index (χ0) is 31.7. The number of carbonyl (C=O) groups is 2. The van der Waals surface area contributed by atoms with E-state index in [1.807, 2.05) is 13.8 Å². The van der Waals surface area contributed by atoms with Gasteiger partial charge in [-0.3, -0.25) is 13.9 Å². The lowest BCUT2D eigenvalue weighted by Gasteiger charge is -2.34. The Morgan fingerprint density at radius 2 is 1.58 bits per heavy atom. The number of carbonyl (C=O) groups excluding carboxylic acids is 2. The van der Waals surface area contributed by atoms with E-state index in [9.17, 15) is 18.0 Å². The van der Waals surface area contributed by atoms with Gasteiger partial charge in [0.15, 0.2) is 11.5 Å². The molecule has 0 saturated heterocycles. The number of ether oxygens (including phenoxy) is 2. The van der Waals surface area contributed by atoms with Gasteiger partial charge in [0, 0.05) is 28.7 Å². The number of halogens is 2. The number of nitrogens with zero attached hydrogens (tertiary/aromatic N) is 2. The van der Waals surface area contributed by atoms with Crippen LogP contribution in [-0.4, -0.2) is 58.0 Å². The van der Waals surface area contributed by atoms with Gasteiger partial charge in [-0.1, -0.05) is 61.3 Å². The number of anilines is 1. The Labute approximate surface area is 263 Å². The molecule has 3 rings (SSSR count). The largest absolute Gasteiger partial charge is 0.493 e. The van der Waals surface area contributed by atoms with Crippen molar-refractivity contribution >= 4 is 50.7 Å². The van der Waals surface area contributed by atoms with Gasteiger partial charge in [0.2, 0.25) is 11.8 Å². The van der Waals surface area contributed by atoms with Crippen LogP contribution < -0.4 is 19.1 Å². The summed E-state index contributed by atoms with van der Waals surface area (Å²) >= 11 is 12.6. The molecule has 0 aliphatic carbocycles. The smallest absolute Gasteiger partial charge is 0.264 e. The molecule has 43 heavy (non-hydrogen) atoms. The van der Waals surface area contributed by atoms with Crippen molar-refractivity contribution in [2.24, 2.45) is 0 Å². The molecule has 0 saturated carbocycles. The number of amides is 2. The van der Waals surface area contributed by atoms with E-state index >= 15 is 0 Å². The predicted octanol–water partition coefficient (Wildman–Crippen LogP) is 5.93. The minimum absolute atomic E-state index is 0.00793. The number of sulfonamides is 1. The maximum absolute atomic E-state index is 14.2. The zero-order valence-electron chi connectivity index (χ0n) is 24.8. The van der Waals surface area contributed by atoms with Gasteiger partial charge in [-0.05, 0) is 61.7 Å². The van der Waals surface area contributed by atoms with Crippen LogP contribution in [0, 0.1) is 0 Å². The summed E-state index contributed by atoms with van der Waals surface area (Å²) in [4.78, 5) is 29.0. The molecule has 3 aromatic rings. The summed E-state index contributed by atoms with van der Waals surface area (Å²) in [5.41, 5.74) is 0.731. The highest BCUT2D eigenvalue weighted by Crippen LogP contribution is 2.34. The quantitative estimate of drug-likeness (QED) is 0.232. The van der Waals surface area contributed by atoms with E-state index in [2.05, 4.69) is 5.32 Å². The fourth-order valence-electron chi connectivity index (χ4n) is 4.42. The van der Waals surface area contributed by atoms with E-state index in [1.54, 1.807) is 49.4 Å². The van der Waals surface area contributed by atoms with Crippen molar-refractivity contribution in [1.29, 1.82) is 0 Å². The standard InChI is InChI=1S/C31H37Cl2N3O6S/c1-6-21(3)34-31(38)27(7-2)35(19-22-13-14-23(32)17-26(22)33)30(37)20-36(43(39,40)25-11-9-8-10-12-25)24-15-16-28(41-4)29(18-24)42-5/h8-18,21,27H,6-7,19-20H2,1-5H3,(H,34,38)/t21-,27+/m0/s1. The van der Waals surface area contributed by atoms with Crippen molar-refractivity contribution < 1.29 is 27.5 Å². The van der Waals surface area contributed by atoms with Crippen LogP contribution in [0.15, 0.2) is 71.6 Å². The maximum Gasteiger partial charge on any atom is 0.264 e. The van der Waals surface area contributed by atoms with Crippen LogP contribution in [0.4, 0.5) is 5.69 Å². The number of hydrogen-bond donors (Lipinski definition) is 1. The summed E-state index contributed by atoms with van der Waals surface area (Å²) in [6.45, 7) is 4.95. The highest BCUT2D eigenvalue weighted by molar-refractivity contribution is 7.92. The summed E-state index contributed by atoms with van der Waals surface area (Å²) in [5.74, 6) is -0.281. The monoisotopic (exact) mass is 649 g/mol. The normalized spacial score (nSPS) is 12.6. The van der Waals surface area contributed by atoms with Crippen molar-refractivity contribution in [3.05, 3.63) is 82.3 Å². The van der Waals surface area contributed by atoms with Crippen molar-refractivity contribution in [2.45, 2.75) is 57.1 Å². The van der Waals surface area contributed by atoms with Gasteiger partial charge in [0.1, 0.15) is 12.6 Å². The van der Waals surface area contributed by atoms with E-state index in [1.165, 1.54) is 43.4 Å². The minimum Gasteiger partial charge on any atom is -0.493 e. The summed E-state index contributed by atoms with van der Waals surface area (Å²) in [6.07, 6.45) is 0.975. The Morgan fingerprint density at radius 1 is 0.907 bits per heavy atom. The molecular weight excluding hydrogens is 613 g/mol. The van der Waals surface area contributed by atoms with Crippen molar-refractivity contribution in [3.8, 4) is 11.5 Å². The molecule has 0 radical (unpaired) electrons. The van der Waals surface area contributed by atoms with Gasteiger partial charge >= 0.3 is 0 Å². The third kappa shape index (κ3) is 8.34. The first-order valence-electron chi connectivity index (χ1n) is 13.8. The molecule has 0 aromatic heterocycles. The van der Waals surface area contributed by atoms with E-state index in [-0.39, 0.29) is 41.2 Å². The van der Waals surface area contributed by atoms with Crippen LogP contribution >= 0.6 is 23.2 Å². The number of nitrogens with one attached hydrogen (secondary N) is 1. The van der Waals surface area contributed by atoms with Crippen LogP contribution in [0.1, 0.15) is 39.2 Å². The van der Waals surface area contributed by atoms with Gasteiger partial charge in [-0.2, -0.15) is 0 Å². The van der Waals surface area contributed by atoms with E-state index in [4.69, 9.17) is 32.7 Å². The third-order valence-corrected chi connectivity index (χ3v) is 9.38. The maximum atomic E-state index is 14.2. The Balaban J connectivity index is 2.13. The van der Waals surface area contributed by atoms with Crippen molar-refractivity contribution in [1.82, 2.24) is 10.2 Å². The third-order valence-electron chi connectivity index (χ3n) is 7.01. The second-order valence-electron chi connectivity index (χ2n) is 9.86. The van der Waals surface area contributed by atoms with Gasteiger partial charge in [-0.15, -0.1) is 0 Å². The fourth-order valence-corrected chi connectivity index (χ4v) is 6.32. The minimum atomic E-state index is -4.24. The Bertz CT molecular complexity index is 1520. The molecule has 0 unspecified atom stereocenters. The topological polar surface area (TPSA) is 105 Å². The number of methoxy groups -OCH3 is 2. The van der Waals surface area contributed by atoms with Crippen molar-refractivity contribution in [2.75, 3.05) is 25.1 Å². The molecule has 3 aromatic carbocycles. The molecular formula is C31H37Cl2N3O6S. The summed E-state index contributed by atoms with van der Waals surface area (Å²) in [5, 5.41) is 3.68. The molecule has 0 bridgehead atoms. The van der Waals surface area contributed by atoms with Crippen LogP contribution in [0.2, 0.25) is 10.0 Å². The molecule has 12 heteroatoms. The zero-order valence-corrected chi connectivity index (χ0v) is 27.2. The first kappa shape index (κ1) is 34.0. The Hall–Kier alpha value is -3.47. The molecule has 0 fully saturated rings. The molecule has 0 spiro atoms. The van der Waals surface area contributed by atoms with E-state index < -0.39 is 28.5 Å². The highest BCUT2D eigenvalue weighted by atomic mass is 35.5. The molecule has 1 N–H and O–H groups in total. The van der Waals surface area contributed by atoms with Crippen LogP contribution in [-0.2, 0) is 26.2 Å². The first-order chi connectivity index (χ1) is 20.5. The first-order valence-corrected chi connectivity index (χ1v) is 16.0. The molecule has 0 heterocycles.